The number of carbonyl (C=O) groups is 1. The Kier molecular flexibility index (Phi) is 3.65. The van der Waals surface area contributed by atoms with Crippen LogP contribution in [0, 0.1) is 24.7 Å². The van der Waals surface area contributed by atoms with Gasteiger partial charge in [0.05, 0.1) is 17.5 Å². The predicted octanol–water partition coefficient (Wildman–Crippen LogP) is 1.76. The monoisotopic (exact) mass is 354 g/mol. The molecule has 3 atom stereocenters. The minimum absolute atomic E-state index is 0.0934. The summed E-state index contributed by atoms with van der Waals surface area (Å²) < 4.78 is 1.79. The van der Waals surface area contributed by atoms with Crippen molar-refractivity contribution in [3.05, 3.63) is 12.0 Å². The molecule has 0 aromatic carbocycles. The number of fused-ring (bicyclic) bond motifs is 2. The SMILES string of the molecule is Cc1nc(N2CCC(C(=O)N3CC4CCCC4C3)C2)c2cnn(C)c2n1. The highest BCUT2D eigenvalue weighted by molar-refractivity contribution is 5.88. The van der Waals surface area contributed by atoms with Crippen LogP contribution in [0.3, 0.4) is 0 Å². The summed E-state index contributed by atoms with van der Waals surface area (Å²) in [6.07, 6.45) is 6.72. The second-order valence-corrected chi connectivity index (χ2v) is 8.23. The van der Waals surface area contributed by atoms with E-state index in [1.165, 1.54) is 19.3 Å². The van der Waals surface area contributed by atoms with Crippen molar-refractivity contribution in [3.63, 3.8) is 0 Å². The average molecular weight is 354 g/mol. The van der Waals surface area contributed by atoms with Gasteiger partial charge in [-0.3, -0.25) is 9.48 Å². The number of aryl methyl sites for hydroxylation is 2. The molecule has 7 nitrogen and oxygen atoms in total. The fraction of sp³-hybridized carbons (Fsp3) is 0.684. The van der Waals surface area contributed by atoms with Crippen molar-refractivity contribution in [3.8, 4) is 0 Å². The molecule has 0 radical (unpaired) electrons. The number of aromatic nitrogens is 4. The van der Waals surface area contributed by atoms with Crippen molar-refractivity contribution in [2.24, 2.45) is 24.8 Å². The zero-order valence-corrected chi connectivity index (χ0v) is 15.6. The van der Waals surface area contributed by atoms with Crippen molar-refractivity contribution < 1.29 is 4.79 Å². The normalized spacial score (nSPS) is 28.3. The van der Waals surface area contributed by atoms with E-state index in [4.69, 9.17) is 0 Å². The number of nitrogens with zero attached hydrogens (tertiary/aromatic N) is 6. The minimum Gasteiger partial charge on any atom is -0.355 e. The molecule has 1 saturated carbocycles. The highest BCUT2D eigenvalue weighted by Gasteiger charge is 2.41. The van der Waals surface area contributed by atoms with E-state index < -0.39 is 0 Å². The van der Waals surface area contributed by atoms with E-state index in [1.54, 1.807) is 4.68 Å². The summed E-state index contributed by atoms with van der Waals surface area (Å²) in [5, 5.41) is 5.30. The van der Waals surface area contributed by atoms with Crippen molar-refractivity contribution >= 4 is 22.8 Å². The van der Waals surface area contributed by atoms with Gasteiger partial charge in [0.15, 0.2) is 5.65 Å². The van der Waals surface area contributed by atoms with E-state index in [0.29, 0.717) is 5.91 Å². The van der Waals surface area contributed by atoms with Crippen LogP contribution in [0.15, 0.2) is 6.20 Å². The van der Waals surface area contributed by atoms with Gasteiger partial charge < -0.3 is 9.80 Å². The molecule has 2 aromatic rings. The third kappa shape index (κ3) is 2.47. The van der Waals surface area contributed by atoms with Gasteiger partial charge in [-0.25, -0.2) is 9.97 Å². The number of hydrogen-bond acceptors (Lipinski definition) is 5. The zero-order valence-electron chi connectivity index (χ0n) is 15.6. The molecule has 0 bridgehead atoms. The summed E-state index contributed by atoms with van der Waals surface area (Å²) in [7, 11) is 1.90. The Balaban J connectivity index is 1.34. The first-order chi connectivity index (χ1) is 12.6. The largest absolute Gasteiger partial charge is 0.355 e. The Morgan fingerprint density at radius 1 is 1.12 bits per heavy atom. The lowest BCUT2D eigenvalue weighted by Gasteiger charge is -2.22. The zero-order chi connectivity index (χ0) is 17.8. The Morgan fingerprint density at radius 3 is 2.65 bits per heavy atom. The molecule has 3 fully saturated rings. The lowest BCUT2D eigenvalue weighted by Crippen LogP contribution is -2.36. The highest BCUT2D eigenvalue weighted by atomic mass is 16.2. The first-order valence-corrected chi connectivity index (χ1v) is 9.80. The van der Waals surface area contributed by atoms with Gasteiger partial charge in [0.25, 0.3) is 0 Å². The smallest absolute Gasteiger partial charge is 0.227 e. The summed E-state index contributed by atoms with van der Waals surface area (Å²) >= 11 is 0. The van der Waals surface area contributed by atoms with Crippen molar-refractivity contribution in [2.75, 3.05) is 31.1 Å². The van der Waals surface area contributed by atoms with Gasteiger partial charge in [0, 0.05) is 33.2 Å². The molecule has 0 N–H and O–H groups in total. The molecule has 3 unspecified atom stereocenters. The maximum atomic E-state index is 13.0. The Labute approximate surface area is 153 Å². The maximum absolute atomic E-state index is 13.0. The van der Waals surface area contributed by atoms with Gasteiger partial charge in [-0.15, -0.1) is 0 Å². The van der Waals surface area contributed by atoms with Crippen LogP contribution in [-0.2, 0) is 11.8 Å². The maximum Gasteiger partial charge on any atom is 0.227 e. The van der Waals surface area contributed by atoms with Gasteiger partial charge in [-0.2, -0.15) is 5.10 Å². The van der Waals surface area contributed by atoms with Crippen LogP contribution in [-0.4, -0.2) is 56.7 Å². The molecule has 138 valence electrons. The minimum atomic E-state index is 0.0934. The lowest BCUT2D eigenvalue weighted by atomic mass is 10.0. The molecule has 3 aliphatic rings. The van der Waals surface area contributed by atoms with Crippen LogP contribution in [0.1, 0.15) is 31.5 Å². The van der Waals surface area contributed by atoms with Crippen LogP contribution >= 0.6 is 0 Å². The van der Waals surface area contributed by atoms with Crippen LogP contribution in [0.25, 0.3) is 11.0 Å². The molecule has 0 spiro atoms. The molecule has 4 heterocycles. The van der Waals surface area contributed by atoms with Gasteiger partial charge in [0.1, 0.15) is 11.6 Å². The van der Waals surface area contributed by atoms with E-state index >= 15 is 0 Å². The molecule has 1 amide bonds. The van der Waals surface area contributed by atoms with Crippen LogP contribution in [0.5, 0.6) is 0 Å². The lowest BCUT2D eigenvalue weighted by molar-refractivity contribution is -0.134. The quantitative estimate of drug-likeness (QED) is 0.822. The second kappa shape index (κ2) is 5.93. The number of rotatable bonds is 2. The summed E-state index contributed by atoms with van der Waals surface area (Å²) in [5.74, 6) is 3.64. The standard InChI is InChI=1S/C19H26N6O/c1-12-21-17-16(8-20-23(17)2)18(22-12)24-7-6-15(11-24)19(26)25-9-13-4-3-5-14(13)10-25/h8,13-15H,3-7,9-11H2,1-2H3. The Hall–Kier alpha value is -2.18. The van der Waals surface area contributed by atoms with E-state index in [1.807, 2.05) is 20.2 Å². The van der Waals surface area contributed by atoms with E-state index in [-0.39, 0.29) is 5.92 Å². The van der Waals surface area contributed by atoms with Crippen molar-refractivity contribution in [1.82, 2.24) is 24.6 Å². The third-order valence-corrected chi connectivity index (χ3v) is 6.56. The molecule has 7 heteroatoms. The third-order valence-electron chi connectivity index (χ3n) is 6.56. The number of likely N-dealkylation sites (tertiary alicyclic amines) is 1. The number of hydrogen-bond donors (Lipinski definition) is 0. The van der Waals surface area contributed by atoms with Gasteiger partial charge >= 0.3 is 0 Å². The van der Waals surface area contributed by atoms with Crippen molar-refractivity contribution in [2.45, 2.75) is 32.6 Å². The number of amides is 1. The molecule has 1 aliphatic carbocycles. The van der Waals surface area contributed by atoms with E-state index in [9.17, 15) is 4.79 Å². The van der Waals surface area contributed by atoms with Crippen molar-refractivity contribution in [1.29, 1.82) is 0 Å². The molecule has 5 rings (SSSR count). The first kappa shape index (κ1) is 16.0. The van der Waals surface area contributed by atoms with Crippen LogP contribution in [0.2, 0.25) is 0 Å². The van der Waals surface area contributed by atoms with E-state index in [0.717, 1.165) is 67.1 Å². The predicted molar refractivity (Wildman–Crippen MR) is 98.8 cm³/mol. The first-order valence-electron chi connectivity index (χ1n) is 9.80. The number of anilines is 1. The molecule has 2 saturated heterocycles. The van der Waals surface area contributed by atoms with Crippen LogP contribution in [0.4, 0.5) is 5.82 Å². The van der Waals surface area contributed by atoms with Gasteiger partial charge in [0.2, 0.25) is 5.91 Å². The molecule has 26 heavy (non-hydrogen) atoms. The summed E-state index contributed by atoms with van der Waals surface area (Å²) in [6.45, 7) is 5.51. The second-order valence-electron chi connectivity index (χ2n) is 8.23. The fourth-order valence-corrected chi connectivity index (χ4v) is 5.18. The molecular formula is C19H26N6O. The fourth-order valence-electron chi connectivity index (χ4n) is 5.18. The van der Waals surface area contributed by atoms with Gasteiger partial charge in [-0.1, -0.05) is 6.42 Å². The average Bonchev–Trinajstić information content (AvgIpc) is 3.37. The van der Waals surface area contributed by atoms with E-state index in [2.05, 4.69) is 24.9 Å². The topological polar surface area (TPSA) is 67.2 Å². The summed E-state index contributed by atoms with van der Waals surface area (Å²) in [6, 6.07) is 0. The number of carbonyl (C=O) groups excluding carboxylic acids is 1. The van der Waals surface area contributed by atoms with Gasteiger partial charge in [-0.05, 0) is 38.0 Å². The summed E-state index contributed by atoms with van der Waals surface area (Å²) in [4.78, 5) is 26.6. The Morgan fingerprint density at radius 2 is 1.88 bits per heavy atom. The molecular weight excluding hydrogens is 328 g/mol. The molecule has 2 aliphatic heterocycles. The molecule has 2 aromatic heterocycles. The highest BCUT2D eigenvalue weighted by Crippen LogP contribution is 2.39. The van der Waals surface area contributed by atoms with Crippen LogP contribution < -0.4 is 4.90 Å². The Bertz CT molecular complexity index is 849. The summed E-state index contributed by atoms with van der Waals surface area (Å²) in [5.41, 5.74) is 0.856.